The van der Waals surface area contributed by atoms with Crippen LogP contribution >= 0.6 is 0 Å². The van der Waals surface area contributed by atoms with E-state index in [0.717, 1.165) is 41.4 Å². The molecule has 2 N–H and O–H groups in total. The molecule has 0 amide bonds. The Balaban J connectivity index is 2.08. The van der Waals surface area contributed by atoms with Gasteiger partial charge in [0.25, 0.3) is 0 Å². The molecule has 2 heterocycles. The van der Waals surface area contributed by atoms with Gasteiger partial charge in [-0.25, -0.2) is 0 Å². The van der Waals surface area contributed by atoms with Gasteiger partial charge in [-0.3, -0.25) is 4.79 Å². The predicted molar refractivity (Wildman–Crippen MR) is 68.4 cm³/mol. The van der Waals surface area contributed by atoms with Gasteiger partial charge in [0.2, 0.25) is 0 Å². The average molecular weight is 228 g/mol. The Morgan fingerprint density at radius 2 is 2.29 bits per heavy atom. The van der Waals surface area contributed by atoms with Gasteiger partial charge in [0.15, 0.2) is 5.78 Å². The summed E-state index contributed by atoms with van der Waals surface area (Å²) in [6.45, 7) is 3.01. The highest BCUT2D eigenvalue weighted by molar-refractivity contribution is 6.11. The van der Waals surface area contributed by atoms with Crippen molar-refractivity contribution in [1.82, 2.24) is 10.3 Å². The van der Waals surface area contributed by atoms with Crippen molar-refractivity contribution < 1.29 is 4.79 Å². The van der Waals surface area contributed by atoms with E-state index < -0.39 is 0 Å². The zero-order valence-electron chi connectivity index (χ0n) is 9.92. The zero-order chi connectivity index (χ0) is 11.8. The maximum Gasteiger partial charge on any atom is 0.181 e. The van der Waals surface area contributed by atoms with Gasteiger partial charge < -0.3 is 10.3 Å². The number of rotatable bonds is 2. The topological polar surface area (TPSA) is 44.9 Å². The highest BCUT2D eigenvalue weighted by Gasteiger charge is 2.25. The number of benzene rings is 1. The molecule has 88 valence electrons. The Morgan fingerprint density at radius 1 is 1.41 bits per heavy atom. The monoisotopic (exact) mass is 228 g/mol. The van der Waals surface area contributed by atoms with Crippen LogP contribution in [0.3, 0.4) is 0 Å². The summed E-state index contributed by atoms with van der Waals surface area (Å²) in [5, 5.41) is 4.34. The number of fused-ring (bicyclic) bond motifs is 1. The lowest BCUT2D eigenvalue weighted by Crippen LogP contribution is -2.30. The van der Waals surface area contributed by atoms with E-state index in [0.29, 0.717) is 0 Å². The zero-order valence-corrected chi connectivity index (χ0v) is 9.92. The Hall–Kier alpha value is -1.61. The number of H-pyrrole nitrogens is 1. The number of hydrogen-bond acceptors (Lipinski definition) is 2. The Morgan fingerprint density at radius 3 is 3.06 bits per heavy atom. The van der Waals surface area contributed by atoms with Crippen LogP contribution in [0.5, 0.6) is 0 Å². The van der Waals surface area contributed by atoms with Crippen LogP contribution in [0.1, 0.15) is 28.8 Å². The lowest BCUT2D eigenvalue weighted by atomic mass is 10.00. The number of ketones is 1. The van der Waals surface area contributed by atoms with E-state index in [2.05, 4.69) is 23.3 Å². The van der Waals surface area contributed by atoms with Gasteiger partial charge in [-0.15, -0.1) is 0 Å². The molecule has 1 atom stereocenters. The molecule has 0 saturated carbocycles. The molecule has 1 aliphatic rings. The minimum Gasteiger partial charge on any atom is -0.360 e. The molecule has 0 spiro atoms. The van der Waals surface area contributed by atoms with E-state index >= 15 is 0 Å². The van der Waals surface area contributed by atoms with Gasteiger partial charge in [0, 0.05) is 22.7 Å². The first-order valence-corrected chi connectivity index (χ1v) is 6.11. The Bertz CT molecular complexity index is 565. The molecule has 3 heteroatoms. The van der Waals surface area contributed by atoms with E-state index in [4.69, 9.17) is 0 Å². The minimum atomic E-state index is 0.00797. The van der Waals surface area contributed by atoms with E-state index in [1.165, 1.54) is 0 Å². The van der Waals surface area contributed by atoms with Crippen molar-refractivity contribution in [2.45, 2.75) is 25.8 Å². The normalized spacial score (nSPS) is 19.9. The van der Waals surface area contributed by atoms with Crippen molar-refractivity contribution in [3.8, 4) is 0 Å². The first-order valence-electron chi connectivity index (χ1n) is 6.11. The van der Waals surface area contributed by atoms with E-state index in [-0.39, 0.29) is 11.8 Å². The van der Waals surface area contributed by atoms with Gasteiger partial charge in [-0.1, -0.05) is 12.1 Å². The molecular weight excluding hydrogens is 212 g/mol. The van der Waals surface area contributed by atoms with Crippen molar-refractivity contribution in [1.29, 1.82) is 0 Å². The van der Waals surface area contributed by atoms with E-state index in [1.807, 2.05) is 18.3 Å². The highest BCUT2D eigenvalue weighted by atomic mass is 16.1. The molecule has 1 fully saturated rings. The molecule has 1 aromatic heterocycles. The fraction of sp³-hybridized carbons (Fsp3) is 0.357. The quantitative estimate of drug-likeness (QED) is 0.775. The lowest BCUT2D eigenvalue weighted by Gasteiger charge is -2.08. The third-order valence-corrected chi connectivity index (χ3v) is 3.56. The van der Waals surface area contributed by atoms with Crippen molar-refractivity contribution in [3.05, 3.63) is 35.5 Å². The van der Waals surface area contributed by atoms with Crippen molar-refractivity contribution in [2.75, 3.05) is 6.54 Å². The largest absolute Gasteiger partial charge is 0.360 e. The van der Waals surface area contributed by atoms with Crippen LogP contribution in [0, 0.1) is 6.92 Å². The molecule has 0 aliphatic carbocycles. The van der Waals surface area contributed by atoms with Crippen LogP contribution in [0.15, 0.2) is 24.4 Å². The summed E-state index contributed by atoms with van der Waals surface area (Å²) < 4.78 is 0. The van der Waals surface area contributed by atoms with E-state index in [9.17, 15) is 4.79 Å². The van der Waals surface area contributed by atoms with Gasteiger partial charge >= 0.3 is 0 Å². The van der Waals surface area contributed by atoms with Crippen LogP contribution < -0.4 is 5.32 Å². The number of carbonyl (C=O) groups excluding carboxylic acids is 1. The van der Waals surface area contributed by atoms with Crippen LogP contribution in [0.2, 0.25) is 0 Å². The summed E-state index contributed by atoms with van der Waals surface area (Å²) in [5.41, 5.74) is 3.04. The second-order valence-corrected chi connectivity index (χ2v) is 4.71. The van der Waals surface area contributed by atoms with E-state index in [1.54, 1.807) is 0 Å². The second kappa shape index (κ2) is 4.00. The molecule has 0 radical (unpaired) electrons. The minimum absolute atomic E-state index is 0.00797. The molecule has 2 aromatic rings. The summed E-state index contributed by atoms with van der Waals surface area (Å²) >= 11 is 0. The fourth-order valence-electron chi connectivity index (χ4n) is 2.66. The third kappa shape index (κ3) is 1.67. The summed E-state index contributed by atoms with van der Waals surface area (Å²) in [5.74, 6) is 0.225. The van der Waals surface area contributed by atoms with Gasteiger partial charge in [-0.2, -0.15) is 0 Å². The smallest absolute Gasteiger partial charge is 0.181 e. The third-order valence-electron chi connectivity index (χ3n) is 3.56. The first-order chi connectivity index (χ1) is 8.27. The summed E-state index contributed by atoms with van der Waals surface area (Å²) in [4.78, 5) is 15.6. The summed E-state index contributed by atoms with van der Waals surface area (Å²) in [7, 11) is 0. The number of aromatic nitrogens is 1. The molecule has 0 bridgehead atoms. The Labute approximate surface area is 100 Å². The van der Waals surface area contributed by atoms with Crippen LogP contribution in [0.4, 0.5) is 0 Å². The molecule has 3 nitrogen and oxygen atoms in total. The number of aromatic amines is 1. The lowest BCUT2D eigenvalue weighted by molar-refractivity contribution is 0.0954. The fourth-order valence-corrected chi connectivity index (χ4v) is 2.66. The first kappa shape index (κ1) is 10.5. The van der Waals surface area contributed by atoms with Crippen LogP contribution in [-0.2, 0) is 0 Å². The molecular formula is C14H16N2O. The van der Waals surface area contributed by atoms with Gasteiger partial charge in [0.1, 0.15) is 0 Å². The number of hydrogen-bond donors (Lipinski definition) is 2. The average Bonchev–Trinajstić information content (AvgIpc) is 2.98. The maximum atomic E-state index is 12.4. The molecule has 1 aliphatic heterocycles. The van der Waals surface area contributed by atoms with Crippen molar-refractivity contribution in [3.63, 3.8) is 0 Å². The summed E-state index contributed by atoms with van der Waals surface area (Å²) in [6, 6.07) is 6.08. The standard InChI is InChI=1S/C14H16N2O/c1-9-4-2-5-11-13(9)10(8-16-11)14(17)12-6-3-7-15-12/h2,4-5,8,12,15-16H,3,6-7H2,1H3. The Kier molecular flexibility index (Phi) is 2.48. The maximum absolute atomic E-state index is 12.4. The molecule has 3 rings (SSSR count). The van der Waals surface area contributed by atoms with Crippen LogP contribution in [0.25, 0.3) is 10.9 Å². The molecule has 1 saturated heterocycles. The van der Waals surface area contributed by atoms with Crippen molar-refractivity contribution in [2.24, 2.45) is 0 Å². The highest BCUT2D eigenvalue weighted by Crippen LogP contribution is 2.24. The van der Waals surface area contributed by atoms with Gasteiger partial charge in [0.05, 0.1) is 6.04 Å². The molecule has 1 aromatic carbocycles. The SMILES string of the molecule is Cc1cccc2[nH]cc(C(=O)C3CCCN3)c12. The number of aryl methyl sites for hydroxylation is 1. The number of nitrogens with one attached hydrogen (secondary N) is 2. The van der Waals surface area contributed by atoms with Crippen molar-refractivity contribution >= 4 is 16.7 Å². The second-order valence-electron chi connectivity index (χ2n) is 4.71. The predicted octanol–water partition coefficient (Wildman–Crippen LogP) is 2.41. The summed E-state index contributed by atoms with van der Waals surface area (Å²) in [6.07, 6.45) is 3.90. The number of carbonyl (C=O) groups is 1. The van der Waals surface area contributed by atoms with Gasteiger partial charge in [-0.05, 0) is 37.9 Å². The molecule has 17 heavy (non-hydrogen) atoms. The molecule has 1 unspecified atom stereocenters. The number of Topliss-reactive ketones (excluding diaryl/α,β-unsaturated/α-hetero) is 1. The van der Waals surface area contributed by atoms with Crippen LogP contribution in [-0.4, -0.2) is 23.4 Å².